The van der Waals surface area contributed by atoms with E-state index in [0.717, 1.165) is 14.6 Å². The maximum atomic E-state index is 8.36. The molecule has 4 nitrogen and oxygen atoms in total. The molecular weight excluding hydrogens is 240 g/mol. The molecule has 0 saturated carbocycles. The van der Waals surface area contributed by atoms with E-state index in [9.17, 15) is 0 Å². The zero-order valence-electron chi connectivity index (χ0n) is 8.91. The minimum absolute atomic E-state index is 0.525. The second-order valence-electron chi connectivity index (χ2n) is 3.49. The molecule has 0 radical (unpaired) electrons. The fraction of sp³-hybridized carbons (Fsp3) is 0.300. The molecule has 6 heteroatoms. The zero-order valence-corrected chi connectivity index (χ0v) is 10.5. The highest BCUT2D eigenvalue weighted by molar-refractivity contribution is 8.01. The van der Waals surface area contributed by atoms with Crippen LogP contribution in [0.2, 0.25) is 0 Å². The standard InChI is InChI=1S/C10H10N4S2/c1-6(2)15-10-12-8-4-3-7(13-14-11)5-9(8)16-10/h3-6H,1-2H3. The Morgan fingerprint density at radius 1 is 1.50 bits per heavy atom. The molecule has 2 aromatic rings. The average molecular weight is 250 g/mol. The van der Waals surface area contributed by atoms with Gasteiger partial charge in [0.1, 0.15) is 0 Å². The average Bonchev–Trinajstić information content (AvgIpc) is 2.58. The molecule has 0 aliphatic heterocycles. The number of thioether (sulfide) groups is 1. The smallest absolute Gasteiger partial charge is 0.151 e. The van der Waals surface area contributed by atoms with Crippen LogP contribution in [0.15, 0.2) is 27.7 Å². The third kappa shape index (κ3) is 2.47. The Hall–Kier alpha value is -1.23. The van der Waals surface area contributed by atoms with E-state index in [-0.39, 0.29) is 0 Å². The van der Waals surface area contributed by atoms with Crippen LogP contribution >= 0.6 is 23.1 Å². The van der Waals surface area contributed by atoms with Crippen LogP contribution in [-0.4, -0.2) is 10.2 Å². The summed E-state index contributed by atoms with van der Waals surface area (Å²) in [6.07, 6.45) is 0. The molecule has 0 aliphatic rings. The van der Waals surface area contributed by atoms with Crippen LogP contribution in [0.3, 0.4) is 0 Å². The van der Waals surface area contributed by atoms with Crippen LogP contribution in [-0.2, 0) is 0 Å². The van der Waals surface area contributed by atoms with E-state index >= 15 is 0 Å². The summed E-state index contributed by atoms with van der Waals surface area (Å²) in [4.78, 5) is 7.27. The third-order valence-electron chi connectivity index (χ3n) is 1.85. The van der Waals surface area contributed by atoms with Gasteiger partial charge >= 0.3 is 0 Å². The molecule has 1 heterocycles. The Bertz CT molecular complexity index is 555. The van der Waals surface area contributed by atoms with E-state index < -0.39 is 0 Å². The molecule has 0 saturated heterocycles. The Labute approximate surface area is 101 Å². The van der Waals surface area contributed by atoms with Crippen molar-refractivity contribution in [2.45, 2.75) is 23.4 Å². The van der Waals surface area contributed by atoms with Gasteiger partial charge < -0.3 is 0 Å². The van der Waals surface area contributed by atoms with E-state index in [1.54, 1.807) is 29.2 Å². The first-order valence-corrected chi connectivity index (χ1v) is 6.51. The molecule has 0 fully saturated rings. The lowest BCUT2D eigenvalue weighted by atomic mass is 10.3. The van der Waals surface area contributed by atoms with Gasteiger partial charge in [-0.15, -0.1) is 11.3 Å². The lowest BCUT2D eigenvalue weighted by Crippen LogP contribution is -1.83. The SMILES string of the molecule is CC(C)Sc1nc2ccc(N=[N+]=[N-])cc2s1. The Kier molecular flexibility index (Phi) is 3.33. The van der Waals surface area contributed by atoms with Crippen molar-refractivity contribution in [1.29, 1.82) is 0 Å². The predicted molar refractivity (Wildman–Crippen MR) is 69.4 cm³/mol. The van der Waals surface area contributed by atoms with Crippen molar-refractivity contribution in [2.24, 2.45) is 5.11 Å². The normalized spacial score (nSPS) is 10.7. The monoisotopic (exact) mass is 250 g/mol. The van der Waals surface area contributed by atoms with Crippen molar-refractivity contribution in [3.8, 4) is 0 Å². The quantitative estimate of drug-likeness (QED) is 0.342. The van der Waals surface area contributed by atoms with Gasteiger partial charge in [0.2, 0.25) is 0 Å². The van der Waals surface area contributed by atoms with E-state index in [2.05, 4.69) is 28.9 Å². The Morgan fingerprint density at radius 2 is 2.31 bits per heavy atom. The number of hydrogen-bond donors (Lipinski definition) is 0. The van der Waals surface area contributed by atoms with Gasteiger partial charge in [-0.2, -0.15) is 0 Å². The van der Waals surface area contributed by atoms with Gasteiger partial charge in [-0.25, -0.2) is 4.98 Å². The van der Waals surface area contributed by atoms with Gasteiger partial charge in [0.05, 0.1) is 10.2 Å². The summed E-state index contributed by atoms with van der Waals surface area (Å²) in [6, 6.07) is 5.54. The lowest BCUT2D eigenvalue weighted by molar-refractivity contribution is 1.10. The van der Waals surface area contributed by atoms with Crippen molar-refractivity contribution >= 4 is 39.0 Å². The molecule has 0 bridgehead atoms. The van der Waals surface area contributed by atoms with E-state index in [1.807, 2.05) is 12.1 Å². The fourth-order valence-corrected chi connectivity index (χ4v) is 3.58. The molecule has 0 N–H and O–H groups in total. The van der Waals surface area contributed by atoms with Crippen LogP contribution in [0.5, 0.6) is 0 Å². The van der Waals surface area contributed by atoms with Gasteiger partial charge in [0.15, 0.2) is 4.34 Å². The summed E-state index contributed by atoms with van der Waals surface area (Å²) in [5.74, 6) is 0. The van der Waals surface area contributed by atoms with E-state index in [4.69, 9.17) is 5.53 Å². The second kappa shape index (κ2) is 4.74. The molecule has 2 rings (SSSR count). The number of aromatic nitrogens is 1. The molecule has 82 valence electrons. The van der Waals surface area contributed by atoms with Crippen LogP contribution in [0.25, 0.3) is 20.7 Å². The van der Waals surface area contributed by atoms with Crippen molar-refractivity contribution in [3.63, 3.8) is 0 Å². The minimum Gasteiger partial charge on any atom is -0.230 e. The highest BCUT2D eigenvalue weighted by Gasteiger charge is 2.06. The third-order valence-corrected chi connectivity index (χ3v) is 3.96. The highest BCUT2D eigenvalue weighted by Crippen LogP contribution is 2.33. The first-order chi connectivity index (χ1) is 7.69. The molecule has 1 aromatic carbocycles. The van der Waals surface area contributed by atoms with E-state index in [0.29, 0.717) is 10.9 Å². The van der Waals surface area contributed by atoms with Gasteiger partial charge in [0.25, 0.3) is 0 Å². The van der Waals surface area contributed by atoms with Crippen LogP contribution < -0.4 is 0 Å². The minimum atomic E-state index is 0.525. The van der Waals surface area contributed by atoms with Crippen LogP contribution in [0.1, 0.15) is 13.8 Å². The van der Waals surface area contributed by atoms with Crippen molar-refractivity contribution in [1.82, 2.24) is 4.98 Å². The van der Waals surface area contributed by atoms with Crippen molar-refractivity contribution < 1.29 is 0 Å². The number of rotatable bonds is 3. The van der Waals surface area contributed by atoms with Gasteiger partial charge in [-0.1, -0.05) is 36.8 Å². The Morgan fingerprint density at radius 3 is 3.00 bits per heavy atom. The van der Waals surface area contributed by atoms with Crippen molar-refractivity contribution in [3.05, 3.63) is 28.6 Å². The van der Waals surface area contributed by atoms with Crippen LogP contribution in [0, 0.1) is 0 Å². The second-order valence-corrected chi connectivity index (χ2v) is 6.34. The lowest BCUT2D eigenvalue weighted by Gasteiger charge is -1.97. The molecule has 0 unspecified atom stereocenters. The van der Waals surface area contributed by atoms with Crippen LogP contribution in [0.4, 0.5) is 5.69 Å². The largest absolute Gasteiger partial charge is 0.230 e. The summed E-state index contributed by atoms with van der Waals surface area (Å²) < 4.78 is 2.12. The number of nitrogens with zero attached hydrogens (tertiary/aromatic N) is 4. The molecule has 0 atom stereocenters. The molecule has 0 aliphatic carbocycles. The van der Waals surface area contributed by atoms with E-state index in [1.165, 1.54) is 0 Å². The summed E-state index contributed by atoms with van der Waals surface area (Å²) in [7, 11) is 0. The maximum Gasteiger partial charge on any atom is 0.151 e. The molecule has 1 aromatic heterocycles. The van der Waals surface area contributed by atoms with Gasteiger partial charge in [-0.05, 0) is 17.7 Å². The molecular formula is C10H10N4S2. The number of azide groups is 1. The number of hydrogen-bond acceptors (Lipinski definition) is 4. The number of benzene rings is 1. The summed E-state index contributed by atoms with van der Waals surface area (Å²) in [5, 5.41) is 4.10. The Balaban J connectivity index is 2.41. The fourth-order valence-electron chi connectivity index (χ4n) is 1.26. The maximum absolute atomic E-state index is 8.36. The number of thiazole rings is 1. The first kappa shape index (κ1) is 11.3. The summed E-state index contributed by atoms with van der Waals surface area (Å²) in [5.41, 5.74) is 9.96. The highest BCUT2D eigenvalue weighted by atomic mass is 32.2. The summed E-state index contributed by atoms with van der Waals surface area (Å²) in [6.45, 7) is 4.28. The summed E-state index contributed by atoms with van der Waals surface area (Å²) >= 11 is 3.38. The predicted octanol–water partition coefficient (Wildman–Crippen LogP) is 4.74. The van der Waals surface area contributed by atoms with Gasteiger partial charge in [0, 0.05) is 15.8 Å². The first-order valence-electron chi connectivity index (χ1n) is 4.81. The molecule has 16 heavy (non-hydrogen) atoms. The van der Waals surface area contributed by atoms with Gasteiger partial charge in [-0.3, -0.25) is 0 Å². The molecule has 0 spiro atoms. The zero-order chi connectivity index (χ0) is 11.5. The molecule has 0 amide bonds. The number of fused-ring (bicyclic) bond motifs is 1. The topological polar surface area (TPSA) is 61.7 Å². The van der Waals surface area contributed by atoms with Crippen molar-refractivity contribution in [2.75, 3.05) is 0 Å².